The average Bonchev–Trinajstić information content (AvgIpc) is 2.42. The lowest BCUT2D eigenvalue weighted by atomic mass is 10.3. The van der Waals surface area contributed by atoms with Gasteiger partial charge in [0, 0.05) is 47.9 Å². The lowest BCUT2D eigenvalue weighted by molar-refractivity contribution is 0.152. The van der Waals surface area contributed by atoms with E-state index in [1.807, 2.05) is 12.3 Å². The number of hydrogen-bond acceptors (Lipinski definition) is 4. The fourth-order valence-corrected chi connectivity index (χ4v) is 3.41. The van der Waals surface area contributed by atoms with Gasteiger partial charge >= 0.3 is 0 Å². The Morgan fingerprint density at radius 2 is 2.00 bits per heavy atom. The van der Waals surface area contributed by atoms with Gasteiger partial charge in [0.2, 0.25) is 0 Å². The Bertz CT molecular complexity index is 420. The van der Waals surface area contributed by atoms with Gasteiger partial charge in [-0.3, -0.25) is 4.98 Å². The summed E-state index contributed by atoms with van der Waals surface area (Å²) in [6, 6.07) is 2.04. The van der Waals surface area contributed by atoms with Crippen LogP contribution in [0.25, 0.3) is 0 Å². The molecule has 1 aliphatic rings. The molecule has 0 unspecified atom stereocenters. The third-order valence-electron chi connectivity index (χ3n) is 3.60. The molecule has 0 spiro atoms. The molecular weight excluding hydrogens is 384 g/mol. The van der Waals surface area contributed by atoms with Gasteiger partial charge in [-0.2, -0.15) is 0 Å². The number of piperazine rings is 1. The average molecular weight is 406 g/mol. The van der Waals surface area contributed by atoms with Gasteiger partial charge in [0.15, 0.2) is 0 Å². The Hall–Kier alpha value is -0.0100. The first kappa shape index (κ1) is 16.4. The highest BCUT2D eigenvalue weighted by atomic mass is 79.9. The molecule has 0 saturated carbocycles. The molecule has 6 heteroatoms. The molecule has 1 saturated heterocycles. The summed E-state index contributed by atoms with van der Waals surface area (Å²) < 4.78 is 2.06. The van der Waals surface area contributed by atoms with E-state index in [0.29, 0.717) is 0 Å². The van der Waals surface area contributed by atoms with Crippen LogP contribution in [-0.4, -0.2) is 61.1 Å². The minimum Gasteiger partial charge on any atom is -0.311 e. The van der Waals surface area contributed by atoms with Crippen molar-refractivity contribution in [1.29, 1.82) is 0 Å². The first-order valence-corrected chi connectivity index (χ1v) is 8.65. The number of nitrogens with one attached hydrogen (secondary N) is 1. The lowest BCUT2D eigenvalue weighted by Crippen LogP contribution is -2.45. The predicted molar refractivity (Wildman–Crippen MR) is 89.9 cm³/mol. The topological polar surface area (TPSA) is 31.4 Å². The molecule has 0 atom stereocenters. The van der Waals surface area contributed by atoms with E-state index in [1.165, 1.54) is 39.1 Å². The maximum absolute atomic E-state index is 4.40. The van der Waals surface area contributed by atoms with E-state index in [1.54, 1.807) is 0 Å². The van der Waals surface area contributed by atoms with E-state index >= 15 is 0 Å². The molecule has 0 aromatic carbocycles. The molecule has 4 nitrogen and oxygen atoms in total. The van der Waals surface area contributed by atoms with Crippen LogP contribution in [0, 0.1) is 0 Å². The first-order chi connectivity index (χ1) is 9.65. The number of halogens is 2. The van der Waals surface area contributed by atoms with Crippen molar-refractivity contribution in [2.24, 2.45) is 0 Å². The van der Waals surface area contributed by atoms with Crippen molar-refractivity contribution in [3.05, 3.63) is 26.9 Å². The van der Waals surface area contributed by atoms with Crippen LogP contribution in [0.15, 0.2) is 21.2 Å². The number of hydrogen-bond donors (Lipinski definition) is 1. The van der Waals surface area contributed by atoms with Crippen LogP contribution in [-0.2, 0) is 6.54 Å². The summed E-state index contributed by atoms with van der Waals surface area (Å²) in [7, 11) is 2.20. The van der Waals surface area contributed by atoms with Gasteiger partial charge in [-0.15, -0.1) is 0 Å². The molecule has 20 heavy (non-hydrogen) atoms. The number of aromatic nitrogens is 1. The molecule has 2 rings (SSSR count). The Balaban J connectivity index is 1.59. The van der Waals surface area contributed by atoms with Crippen molar-refractivity contribution in [2.75, 3.05) is 46.3 Å². The molecule has 112 valence electrons. The third-order valence-corrected chi connectivity index (χ3v) is 4.72. The molecule has 1 aromatic heterocycles. The molecule has 0 radical (unpaired) electrons. The van der Waals surface area contributed by atoms with Crippen molar-refractivity contribution in [2.45, 2.75) is 13.0 Å². The fraction of sp³-hybridized carbons (Fsp3) is 0.643. The van der Waals surface area contributed by atoms with Gasteiger partial charge in [0.05, 0.1) is 5.69 Å². The van der Waals surface area contributed by atoms with Gasteiger partial charge in [0.25, 0.3) is 0 Å². The summed E-state index contributed by atoms with van der Waals surface area (Å²) in [6.45, 7) is 7.85. The van der Waals surface area contributed by atoms with Crippen molar-refractivity contribution >= 4 is 31.9 Å². The second-order valence-electron chi connectivity index (χ2n) is 5.26. The van der Waals surface area contributed by atoms with E-state index in [9.17, 15) is 0 Å². The van der Waals surface area contributed by atoms with Crippen molar-refractivity contribution in [1.82, 2.24) is 20.1 Å². The number of rotatable bonds is 6. The minimum absolute atomic E-state index is 0.816. The molecule has 1 aliphatic heterocycles. The van der Waals surface area contributed by atoms with Crippen LogP contribution in [0.3, 0.4) is 0 Å². The van der Waals surface area contributed by atoms with Crippen molar-refractivity contribution in [3.8, 4) is 0 Å². The lowest BCUT2D eigenvalue weighted by Gasteiger charge is -2.32. The maximum Gasteiger partial charge on any atom is 0.0684 e. The molecule has 1 fully saturated rings. The van der Waals surface area contributed by atoms with Crippen LogP contribution < -0.4 is 5.32 Å². The van der Waals surface area contributed by atoms with Gasteiger partial charge in [-0.05, 0) is 64.5 Å². The Morgan fingerprint density at radius 1 is 1.25 bits per heavy atom. The summed E-state index contributed by atoms with van der Waals surface area (Å²) in [5, 5.41) is 3.47. The van der Waals surface area contributed by atoms with Gasteiger partial charge < -0.3 is 15.1 Å². The number of nitrogens with zero attached hydrogens (tertiary/aromatic N) is 3. The van der Waals surface area contributed by atoms with E-state index in [4.69, 9.17) is 0 Å². The second-order valence-corrected chi connectivity index (χ2v) is 7.03. The van der Waals surface area contributed by atoms with Crippen LogP contribution in [0.4, 0.5) is 0 Å². The SMILES string of the molecule is CN1CCN(CCCNCc2ncc(Br)cc2Br)CC1. The van der Waals surface area contributed by atoms with Gasteiger partial charge in [0.1, 0.15) is 0 Å². The van der Waals surface area contributed by atoms with Gasteiger partial charge in [-0.1, -0.05) is 0 Å². The van der Waals surface area contributed by atoms with Crippen LogP contribution in [0.2, 0.25) is 0 Å². The molecule has 2 heterocycles. The Kier molecular flexibility index (Phi) is 6.90. The summed E-state index contributed by atoms with van der Waals surface area (Å²) in [6.07, 6.45) is 3.03. The van der Waals surface area contributed by atoms with Crippen molar-refractivity contribution < 1.29 is 0 Å². The van der Waals surface area contributed by atoms with Crippen LogP contribution in [0.5, 0.6) is 0 Å². The quantitative estimate of drug-likeness (QED) is 0.736. The number of pyridine rings is 1. The predicted octanol–water partition coefficient (Wildman–Crippen LogP) is 2.33. The van der Waals surface area contributed by atoms with E-state index in [-0.39, 0.29) is 0 Å². The smallest absolute Gasteiger partial charge is 0.0684 e. The Morgan fingerprint density at radius 3 is 2.70 bits per heavy atom. The summed E-state index contributed by atoms with van der Waals surface area (Å²) in [5.41, 5.74) is 1.06. The molecule has 1 aromatic rings. The molecule has 1 N–H and O–H groups in total. The molecule has 0 amide bonds. The largest absolute Gasteiger partial charge is 0.311 e. The van der Waals surface area contributed by atoms with E-state index in [0.717, 1.165) is 27.7 Å². The summed E-state index contributed by atoms with van der Waals surface area (Å²) in [4.78, 5) is 9.35. The number of likely N-dealkylation sites (N-methyl/N-ethyl adjacent to an activating group) is 1. The highest BCUT2D eigenvalue weighted by molar-refractivity contribution is 9.11. The standard InChI is InChI=1S/C14H22Br2N4/c1-19-5-7-20(8-6-19)4-2-3-17-11-14-13(16)9-12(15)10-18-14/h9-10,17H,2-8,11H2,1H3. The molecule has 0 aliphatic carbocycles. The highest BCUT2D eigenvalue weighted by Gasteiger charge is 2.12. The highest BCUT2D eigenvalue weighted by Crippen LogP contribution is 2.19. The Labute approximate surface area is 138 Å². The zero-order valence-corrected chi connectivity index (χ0v) is 15.1. The molecular formula is C14H22Br2N4. The zero-order chi connectivity index (χ0) is 14.4. The van der Waals surface area contributed by atoms with E-state index in [2.05, 4.69) is 59.0 Å². The summed E-state index contributed by atoms with van der Waals surface area (Å²) >= 11 is 6.95. The normalized spacial score (nSPS) is 17.6. The van der Waals surface area contributed by atoms with Crippen molar-refractivity contribution in [3.63, 3.8) is 0 Å². The second kappa shape index (κ2) is 8.44. The zero-order valence-electron chi connectivity index (χ0n) is 11.9. The molecule has 0 bridgehead atoms. The maximum atomic E-state index is 4.40. The monoisotopic (exact) mass is 404 g/mol. The van der Waals surface area contributed by atoms with Crippen LogP contribution in [0.1, 0.15) is 12.1 Å². The van der Waals surface area contributed by atoms with Crippen LogP contribution >= 0.6 is 31.9 Å². The fourth-order valence-electron chi connectivity index (χ4n) is 2.28. The minimum atomic E-state index is 0.816. The van der Waals surface area contributed by atoms with Gasteiger partial charge in [-0.25, -0.2) is 0 Å². The summed E-state index contributed by atoms with van der Waals surface area (Å²) in [5.74, 6) is 0. The third kappa shape index (κ3) is 5.41. The van der Waals surface area contributed by atoms with E-state index < -0.39 is 0 Å². The first-order valence-electron chi connectivity index (χ1n) is 7.06.